The van der Waals surface area contributed by atoms with Crippen LogP contribution in [0.25, 0.3) is 67.0 Å². The molecule has 0 spiro atoms. The highest BCUT2D eigenvalue weighted by Gasteiger charge is 2.19. The van der Waals surface area contributed by atoms with Gasteiger partial charge in [0.25, 0.3) is 0 Å². The van der Waals surface area contributed by atoms with Gasteiger partial charge in [0.05, 0.1) is 16.9 Å². The Kier molecular flexibility index (Phi) is 9.93. The molecule has 2 heteroatoms. The van der Waals surface area contributed by atoms with E-state index in [1.54, 1.807) is 0 Å². The van der Waals surface area contributed by atoms with Gasteiger partial charge in [-0.3, -0.25) is 0 Å². The second kappa shape index (κ2) is 15.8. The Hall–Kier alpha value is -6.77. The van der Waals surface area contributed by atoms with Crippen molar-refractivity contribution < 1.29 is 0 Å². The molecule has 0 amide bonds. The van der Waals surface area contributed by atoms with Crippen molar-refractivity contribution >= 4 is 44.7 Å². The van der Waals surface area contributed by atoms with Crippen LogP contribution in [0.3, 0.4) is 0 Å². The van der Waals surface area contributed by atoms with Crippen LogP contribution >= 0.6 is 0 Å². The summed E-state index contributed by atoms with van der Waals surface area (Å²) in [4.78, 5) is 5.45. The van der Waals surface area contributed by atoms with E-state index in [0.717, 1.165) is 41.8 Å². The quantitative estimate of drug-likeness (QED) is 0.131. The van der Waals surface area contributed by atoms with E-state index in [1.165, 1.54) is 77.6 Å². The number of aliphatic imine (C=N–C) groups is 1. The third-order valence-corrected chi connectivity index (χ3v) is 11.5. The van der Waals surface area contributed by atoms with Crippen LogP contribution in [0.1, 0.15) is 61.6 Å². The molecule has 8 aromatic rings. The Balaban J connectivity index is 1.13. The maximum absolute atomic E-state index is 5.45. The monoisotopic (exact) mass is 734 g/mol. The summed E-state index contributed by atoms with van der Waals surface area (Å²) >= 11 is 0. The van der Waals surface area contributed by atoms with Gasteiger partial charge in [0.1, 0.15) is 0 Å². The molecule has 0 saturated heterocycles. The fourth-order valence-corrected chi connectivity index (χ4v) is 8.38. The fourth-order valence-electron chi connectivity index (χ4n) is 8.38. The summed E-state index contributed by atoms with van der Waals surface area (Å²) in [6.45, 7) is 6.58. The topological polar surface area (TPSA) is 17.3 Å². The fraction of sp³-hybridized carbons (Fsp3) is 0.109. The molecule has 0 fully saturated rings. The predicted octanol–water partition coefficient (Wildman–Crippen LogP) is 14.8. The molecule has 1 aliphatic rings. The van der Waals surface area contributed by atoms with E-state index in [0.29, 0.717) is 0 Å². The van der Waals surface area contributed by atoms with E-state index < -0.39 is 0 Å². The molecule has 0 N–H and O–H groups in total. The van der Waals surface area contributed by atoms with Gasteiger partial charge in [-0.2, -0.15) is 0 Å². The lowest BCUT2D eigenvalue weighted by Gasteiger charge is -2.16. The van der Waals surface area contributed by atoms with Crippen molar-refractivity contribution in [3.8, 4) is 27.9 Å². The highest BCUT2D eigenvalue weighted by molar-refractivity contribution is 6.14. The van der Waals surface area contributed by atoms with Crippen LogP contribution in [-0.2, 0) is 6.42 Å². The van der Waals surface area contributed by atoms with E-state index in [-0.39, 0.29) is 0 Å². The number of aromatic nitrogens is 1. The van der Waals surface area contributed by atoms with Gasteiger partial charge in [0, 0.05) is 27.9 Å². The summed E-state index contributed by atoms with van der Waals surface area (Å²) in [6.07, 6.45) is 9.91. The van der Waals surface area contributed by atoms with E-state index in [1.807, 2.05) is 0 Å². The van der Waals surface area contributed by atoms with Crippen LogP contribution < -0.4 is 0 Å². The van der Waals surface area contributed by atoms with Crippen molar-refractivity contribution in [2.45, 2.75) is 40.0 Å². The second-order valence-corrected chi connectivity index (χ2v) is 15.0. The molecule has 0 unspecified atom stereocenters. The van der Waals surface area contributed by atoms with Gasteiger partial charge in [-0.1, -0.05) is 165 Å². The van der Waals surface area contributed by atoms with Gasteiger partial charge in [-0.25, -0.2) is 4.99 Å². The molecule has 1 heterocycles. The van der Waals surface area contributed by atoms with Crippen LogP contribution in [0.4, 0.5) is 0 Å². The largest absolute Gasteiger partial charge is 0.310 e. The van der Waals surface area contributed by atoms with Gasteiger partial charge in [-0.15, -0.1) is 0 Å². The van der Waals surface area contributed by atoms with Crippen molar-refractivity contribution in [2.75, 3.05) is 0 Å². The third kappa shape index (κ3) is 7.00. The second-order valence-electron chi connectivity index (χ2n) is 15.0. The summed E-state index contributed by atoms with van der Waals surface area (Å²) in [6, 6.07) is 61.4. The molecule has 7 aromatic carbocycles. The minimum atomic E-state index is 0.910. The maximum atomic E-state index is 5.45. The Bertz CT molecular complexity index is 2860. The van der Waals surface area contributed by atoms with Gasteiger partial charge < -0.3 is 4.57 Å². The molecule has 1 aromatic heterocycles. The zero-order chi connectivity index (χ0) is 38.7. The van der Waals surface area contributed by atoms with Crippen molar-refractivity contribution in [3.63, 3.8) is 0 Å². The molecule has 0 saturated carbocycles. The lowest BCUT2D eigenvalue weighted by atomic mass is 9.91. The minimum Gasteiger partial charge on any atom is -0.310 e. The molecule has 9 rings (SSSR count). The number of hydrogen-bond acceptors (Lipinski definition) is 1. The molecule has 0 atom stereocenters. The van der Waals surface area contributed by atoms with E-state index in [9.17, 15) is 0 Å². The number of aryl methyl sites for hydroxylation is 1. The number of para-hydroxylation sites is 1. The first-order valence-electron chi connectivity index (χ1n) is 20.2. The van der Waals surface area contributed by atoms with E-state index >= 15 is 0 Å². The van der Waals surface area contributed by atoms with Crippen molar-refractivity contribution in [2.24, 2.45) is 4.99 Å². The average Bonchev–Trinajstić information content (AvgIpc) is 3.62. The predicted molar refractivity (Wildman–Crippen MR) is 245 cm³/mol. The maximum Gasteiger partial charge on any atom is 0.0712 e. The Morgan fingerprint density at radius 2 is 1.30 bits per heavy atom. The zero-order valence-electron chi connectivity index (χ0n) is 32.9. The van der Waals surface area contributed by atoms with Crippen LogP contribution in [0.2, 0.25) is 0 Å². The summed E-state index contributed by atoms with van der Waals surface area (Å²) in [5, 5.41) is 3.84. The van der Waals surface area contributed by atoms with Gasteiger partial charge in [0.2, 0.25) is 0 Å². The molecule has 0 radical (unpaired) electrons. The molecule has 57 heavy (non-hydrogen) atoms. The standard InChI is InChI=1S/C55H46N2/c1-4-38(2)55(56-51(42-20-9-6-10-21-42)36-39(3)40-18-7-5-8-19-40)44-34-32-41(33-35-44)47-28-16-22-43-23-17-29-48(54(43)47)45-24-15-25-46(37-45)57-52-30-13-11-26-49(52)50-27-12-14-31-53(50)57/h5-11,13-26,28-37H,4,12,27H2,1-3H3/b39-36+,55-38-,56-51+. The van der Waals surface area contributed by atoms with Crippen LogP contribution in [0.5, 0.6) is 0 Å². The normalized spacial score (nSPS) is 13.5. The van der Waals surface area contributed by atoms with Crippen LogP contribution in [-0.4, -0.2) is 10.3 Å². The first kappa shape index (κ1) is 35.9. The zero-order valence-corrected chi connectivity index (χ0v) is 32.9. The van der Waals surface area contributed by atoms with Crippen molar-refractivity contribution in [3.05, 3.63) is 216 Å². The number of benzene rings is 7. The molecular weight excluding hydrogens is 689 g/mol. The SMILES string of the molecule is CC\C(C)=C(/N=C(\C=C(/C)c1ccccc1)c1ccccc1)c1ccc(-c2cccc3cccc(-c4cccc(-n5c6c(c7ccccc75)CCC=C6)c4)c23)cc1. The van der Waals surface area contributed by atoms with Gasteiger partial charge in [-0.05, 0) is 119 Å². The van der Waals surface area contributed by atoms with Crippen LogP contribution in [0, 0.1) is 0 Å². The van der Waals surface area contributed by atoms with E-state index in [4.69, 9.17) is 4.99 Å². The third-order valence-electron chi connectivity index (χ3n) is 11.5. The lowest BCUT2D eigenvalue weighted by molar-refractivity contribution is 0.968. The Labute approximate surface area is 336 Å². The van der Waals surface area contributed by atoms with Gasteiger partial charge >= 0.3 is 0 Å². The minimum absolute atomic E-state index is 0.910. The molecule has 0 aliphatic heterocycles. The molecule has 0 bridgehead atoms. The highest BCUT2D eigenvalue weighted by Crippen LogP contribution is 2.39. The summed E-state index contributed by atoms with van der Waals surface area (Å²) in [5.74, 6) is 0. The summed E-state index contributed by atoms with van der Waals surface area (Å²) in [7, 11) is 0. The Morgan fingerprint density at radius 1 is 0.632 bits per heavy atom. The molecule has 276 valence electrons. The summed E-state index contributed by atoms with van der Waals surface area (Å²) < 4.78 is 2.45. The number of nitrogens with zero attached hydrogens (tertiary/aromatic N) is 2. The first-order valence-corrected chi connectivity index (χ1v) is 20.2. The number of fused-ring (bicyclic) bond motifs is 4. The highest BCUT2D eigenvalue weighted by atomic mass is 15.0. The molecule has 2 nitrogen and oxygen atoms in total. The summed E-state index contributed by atoms with van der Waals surface area (Å²) in [5.41, 5.74) is 17.8. The van der Waals surface area contributed by atoms with Crippen LogP contribution in [0.15, 0.2) is 193 Å². The van der Waals surface area contributed by atoms with Gasteiger partial charge in [0.15, 0.2) is 0 Å². The number of rotatable bonds is 9. The van der Waals surface area contributed by atoms with Crippen molar-refractivity contribution in [1.82, 2.24) is 4.57 Å². The van der Waals surface area contributed by atoms with Crippen molar-refractivity contribution in [1.29, 1.82) is 0 Å². The lowest BCUT2D eigenvalue weighted by Crippen LogP contribution is -2.00. The number of allylic oxidation sites excluding steroid dienone is 4. The molecule has 1 aliphatic carbocycles. The molecular formula is C55H46N2. The smallest absolute Gasteiger partial charge is 0.0712 e. The van der Waals surface area contributed by atoms with E-state index in [2.05, 4.69) is 213 Å². The number of hydrogen-bond donors (Lipinski definition) is 0. The first-order chi connectivity index (χ1) is 28.1. The average molecular weight is 735 g/mol. The Morgan fingerprint density at radius 3 is 2.04 bits per heavy atom.